The Morgan fingerprint density at radius 3 is 0.240 bits per heavy atom. The standard InChI is InChI=1S/C105H212.2C2H7P.5C2H5P.C2H4.CH4/c1-4-7-10-13-16-19-22-25-28-31-34-37-40-43-46-49-51-53-54-55-57-59-62-65-68-71-74-77-80-83-86-89-92-95-98-101-104-105(102-99-96-93-90-87-84-81-78-75-72-69-66-63-60-48-45-42-39-36-33-30-27-24-21-18-15-12-9-6-3)103-100-97-94-91-88-85-82-79-76-73-70-67-64-61-58-56-52-50-47-44-41-38-35-32-29-26-23-20-17-14-11-8-5-2;7*1-2-3;1-2;/h105H,4-104H2,1-3H3;2*2-3H2,1H3;5*2H,1,3H2;1-2H2;1H4. The average Bonchev–Trinajstić information content (AvgIpc) is 0.992. The summed E-state index contributed by atoms with van der Waals surface area (Å²) in [7, 11) is 16.9. The zero-order chi connectivity index (χ0) is 95.9. The van der Waals surface area contributed by atoms with Crippen molar-refractivity contribution in [2.75, 3.05) is 12.3 Å². The molecule has 0 fully saturated rings. The van der Waals surface area contributed by atoms with Gasteiger partial charge in [0.1, 0.15) is 0 Å². The van der Waals surface area contributed by atoms with Crippen molar-refractivity contribution in [2.45, 2.75) is 691 Å². The molecule has 0 saturated carbocycles. The fourth-order valence-electron chi connectivity index (χ4n) is 18.2. The Hall–Kier alpha value is 1.45. The van der Waals surface area contributed by atoms with Gasteiger partial charge in [0.15, 0.2) is 0 Å². The Balaban J connectivity index is -0.000000662. The maximum absolute atomic E-state index is 3.32. The SMILES string of the molecule is C.C=C.C=CP.C=CP.C=CP.C=CP.C=CP.CCCCCCCCCCCCCCCCCCCCCCCCCCCCCCCCCCCCCCC(CCCCCCCCCCCCCCCCCCCCCCCCCCCCCCC)CCCCCCCCCCCCCCCCCCCCCCCCCCCCCCCCCCC.CCP.CCP. The van der Waals surface area contributed by atoms with Gasteiger partial charge in [-0.05, 0) is 18.2 Å². The molecule has 0 heterocycles. The Bertz CT molecular complexity index is 1680. The molecule has 0 aromatic heterocycles. The molecule has 0 spiro atoms. The van der Waals surface area contributed by atoms with Crippen molar-refractivity contribution in [3.63, 3.8) is 0 Å². The van der Waals surface area contributed by atoms with E-state index in [0.717, 1.165) is 5.92 Å². The lowest BCUT2D eigenvalue weighted by molar-refractivity contribution is 0.365. The molecule has 0 rings (SSSR count). The number of hydrogen-bond acceptors (Lipinski definition) is 0. The van der Waals surface area contributed by atoms with E-state index in [1.807, 2.05) is 0 Å². The van der Waals surface area contributed by atoms with Crippen molar-refractivity contribution in [1.82, 2.24) is 0 Å². The van der Waals surface area contributed by atoms with E-state index >= 15 is 0 Å². The van der Waals surface area contributed by atoms with Gasteiger partial charge in [-0.25, -0.2) is 0 Å². The number of rotatable bonds is 101. The summed E-state index contributed by atoms with van der Waals surface area (Å²) < 4.78 is 0. The fourth-order valence-corrected chi connectivity index (χ4v) is 18.2. The Kier molecular flexibility index (Phi) is 197. The topological polar surface area (TPSA) is 0 Å². The van der Waals surface area contributed by atoms with Crippen LogP contribution in [0.4, 0.5) is 0 Å². The molecule has 0 aliphatic heterocycles. The lowest BCUT2D eigenvalue weighted by Gasteiger charge is -2.17. The molecule has 8 unspecified atom stereocenters. The van der Waals surface area contributed by atoms with Gasteiger partial charge in [-0.15, -0.1) is 77.8 Å². The first-order valence-electron chi connectivity index (χ1n) is 58.8. The summed E-state index contributed by atoms with van der Waals surface area (Å²) in [5.74, 6) is 9.36. The average molecular weight is 1940 g/mol. The second-order valence-corrected chi connectivity index (χ2v) is 42.8. The smallest absolute Gasteiger partial charge is 0.0410 e. The van der Waals surface area contributed by atoms with Crippen LogP contribution in [0.2, 0.25) is 0 Å². The van der Waals surface area contributed by atoms with Crippen molar-refractivity contribution < 1.29 is 0 Å². The highest BCUT2D eigenvalue weighted by atomic mass is 31.0. The second-order valence-electron chi connectivity index (χ2n) is 38.8. The molecule has 0 saturated heterocycles. The lowest BCUT2D eigenvalue weighted by atomic mass is 9.89. The van der Waals surface area contributed by atoms with Crippen LogP contribution in [-0.4, -0.2) is 12.3 Å². The van der Waals surface area contributed by atoms with Crippen LogP contribution < -0.4 is 0 Å². The predicted octanol–water partition coefficient (Wildman–Crippen LogP) is 49.3. The van der Waals surface area contributed by atoms with Crippen molar-refractivity contribution in [3.8, 4) is 0 Å². The third-order valence-electron chi connectivity index (χ3n) is 25.9. The van der Waals surface area contributed by atoms with Crippen LogP contribution in [0, 0.1) is 5.92 Å². The van der Waals surface area contributed by atoms with E-state index in [1.165, 1.54) is 642 Å². The third-order valence-corrected chi connectivity index (χ3v) is 25.9. The lowest BCUT2D eigenvalue weighted by Crippen LogP contribution is -2.01. The van der Waals surface area contributed by atoms with Gasteiger partial charge in [-0.2, -0.15) is 0 Å². The van der Waals surface area contributed by atoms with E-state index in [4.69, 9.17) is 0 Å². The second kappa shape index (κ2) is 169. The van der Waals surface area contributed by atoms with E-state index in [2.05, 4.69) is 145 Å². The van der Waals surface area contributed by atoms with Gasteiger partial charge in [-0.3, -0.25) is 0 Å². The molecule has 8 atom stereocenters. The molecule has 0 aliphatic rings. The largest absolute Gasteiger partial charge is 0.138 e. The molecule has 0 aliphatic carbocycles. The van der Waals surface area contributed by atoms with Crippen molar-refractivity contribution >= 4 is 64.7 Å². The summed E-state index contributed by atoms with van der Waals surface area (Å²) in [6, 6.07) is 0. The van der Waals surface area contributed by atoms with Crippen molar-refractivity contribution in [3.05, 3.63) is 75.1 Å². The Morgan fingerprint density at radius 1 is 0.140 bits per heavy atom. The first-order chi connectivity index (χ1) is 63.2. The van der Waals surface area contributed by atoms with Gasteiger partial charge < -0.3 is 0 Å². The fraction of sp³-hybridized carbons (Fsp3) is 0.902. The van der Waals surface area contributed by atoms with Gasteiger partial charge in [0.2, 0.25) is 0 Å². The molecule has 0 radical (unpaired) electrons. The molecule has 0 nitrogen and oxygen atoms in total. The maximum atomic E-state index is 3.32. The Labute approximate surface area is 842 Å². The first kappa shape index (κ1) is 151. The van der Waals surface area contributed by atoms with Gasteiger partial charge in [0.05, 0.1) is 0 Å². The van der Waals surface area contributed by atoms with Crippen LogP contribution >= 0.6 is 64.7 Å². The van der Waals surface area contributed by atoms with Crippen LogP contribution in [-0.2, 0) is 0 Å². The summed E-state index contributed by atoms with van der Waals surface area (Å²) in [6.45, 7) is 33.8. The molecule has 0 N–H and O–H groups in total. The highest BCUT2D eigenvalue weighted by molar-refractivity contribution is 7.21. The van der Waals surface area contributed by atoms with Crippen LogP contribution in [0.1, 0.15) is 691 Å². The minimum atomic E-state index is 0. The van der Waals surface area contributed by atoms with E-state index in [-0.39, 0.29) is 7.43 Å². The van der Waals surface area contributed by atoms with E-state index in [0.29, 0.717) is 0 Å². The summed E-state index contributed by atoms with van der Waals surface area (Å²) in [6.07, 6.45) is 153. The maximum Gasteiger partial charge on any atom is -0.0410 e. The van der Waals surface area contributed by atoms with E-state index < -0.39 is 0 Å². The summed E-state index contributed by atoms with van der Waals surface area (Å²) in [4.78, 5) is 0. The molecule has 0 amide bonds. The minimum absolute atomic E-state index is 0. The van der Waals surface area contributed by atoms with Gasteiger partial charge in [-0.1, -0.05) is 753 Å². The zero-order valence-electron chi connectivity index (χ0n) is 90.3. The molecule has 7 heteroatoms. The van der Waals surface area contributed by atoms with Gasteiger partial charge in [0.25, 0.3) is 0 Å². The normalized spacial score (nSPS) is 10.7. The molecule has 0 aromatic rings. The Morgan fingerprint density at radius 2 is 0.186 bits per heavy atom. The van der Waals surface area contributed by atoms with Gasteiger partial charge in [0, 0.05) is 0 Å². The predicted molar refractivity (Wildman–Crippen MR) is 645 cm³/mol. The van der Waals surface area contributed by atoms with Crippen LogP contribution in [0.25, 0.3) is 0 Å². The zero-order valence-corrected chi connectivity index (χ0v) is 98.4. The quantitative estimate of drug-likeness (QED) is 0.0323. The molecule has 0 aromatic carbocycles. The summed E-state index contributed by atoms with van der Waals surface area (Å²) >= 11 is 0. The van der Waals surface area contributed by atoms with Crippen LogP contribution in [0.5, 0.6) is 0 Å². The molecule has 782 valence electrons. The summed E-state index contributed by atoms with van der Waals surface area (Å²) in [5, 5.41) is 0. The van der Waals surface area contributed by atoms with E-state index in [1.54, 1.807) is 48.3 Å². The molecular weight excluding hydrogens is 1680 g/mol. The summed E-state index contributed by atoms with van der Waals surface area (Å²) in [5.41, 5.74) is 0. The van der Waals surface area contributed by atoms with Crippen LogP contribution in [0.3, 0.4) is 0 Å². The highest BCUT2D eigenvalue weighted by Crippen LogP contribution is 2.28. The molecule has 129 heavy (non-hydrogen) atoms. The molecular formula is C122H259P7. The van der Waals surface area contributed by atoms with Crippen LogP contribution in [0.15, 0.2) is 75.1 Å². The first-order valence-corrected chi connectivity index (χ1v) is 63.8. The highest BCUT2D eigenvalue weighted by Gasteiger charge is 2.10. The number of unbranched alkanes of at least 4 members (excludes halogenated alkanes) is 95. The van der Waals surface area contributed by atoms with E-state index in [9.17, 15) is 0 Å². The van der Waals surface area contributed by atoms with Gasteiger partial charge >= 0.3 is 0 Å². The van der Waals surface area contributed by atoms with Crippen molar-refractivity contribution in [1.29, 1.82) is 0 Å². The third kappa shape index (κ3) is 189. The van der Waals surface area contributed by atoms with Crippen molar-refractivity contribution in [2.24, 2.45) is 5.92 Å². The number of hydrogen-bond donors (Lipinski definition) is 0. The monoisotopic (exact) mass is 1940 g/mol. The minimum Gasteiger partial charge on any atom is -0.138 e. The molecule has 0 bridgehead atoms.